The minimum atomic E-state index is -0.942. The van der Waals surface area contributed by atoms with Crippen molar-refractivity contribution < 1.29 is 14.7 Å². The van der Waals surface area contributed by atoms with Crippen LogP contribution in [0.1, 0.15) is 32.6 Å². The number of carbonyl (C=O) groups excluding carboxylic acids is 1. The average Bonchev–Trinajstić information content (AvgIpc) is 2.51. The number of rotatable bonds is 6. The lowest BCUT2D eigenvalue weighted by Gasteiger charge is -2.18. The van der Waals surface area contributed by atoms with Crippen LogP contribution in [0.25, 0.3) is 0 Å². The Balaban J connectivity index is 1.95. The fraction of sp³-hybridized carbons (Fsp3) is 0.300. The molecule has 0 atom stereocenters. The lowest BCUT2D eigenvalue weighted by molar-refractivity contribution is -0.117. The third kappa shape index (κ3) is 5.16. The van der Waals surface area contributed by atoms with Gasteiger partial charge < -0.3 is 10.4 Å². The van der Waals surface area contributed by atoms with Crippen LogP contribution < -0.4 is 5.32 Å². The van der Waals surface area contributed by atoms with Crippen molar-refractivity contribution >= 4 is 17.6 Å². The molecule has 25 heavy (non-hydrogen) atoms. The lowest BCUT2D eigenvalue weighted by atomic mass is 10.1. The summed E-state index contributed by atoms with van der Waals surface area (Å²) in [6.07, 6.45) is 0. The standard InChI is InChI=1S/C20H24N2O3/c1-13-9-14(2)19(15(3)10-13)21-18(23)12-22(4)11-16-5-7-17(8-6-16)20(24)25/h5-10H,11-12H2,1-4H3,(H,21,23)(H,24,25). The number of aryl methyl sites for hydroxylation is 3. The molecule has 2 aromatic rings. The van der Waals surface area contributed by atoms with Gasteiger partial charge in [-0.15, -0.1) is 0 Å². The number of carboxylic acid groups (broad SMARTS) is 1. The van der Waals surface area contributed by atoms with Crippen molar-refractivity contribution in [1.82, 2.24) is 4.90 Å². The van der Waals surface area contributed by atoms with E-state index in [1.165, 1.54) is 5.56 Å². The minimum absolute atomic E-state index is 0.0697. The zero-order valence-electron chi connectivity index (χ0n) is 15.1. The highest BCUT2D eigenvalue weighted by atomic mass is 16.4. The average molecular weight is 340 g/mol. The number of nitrogens with zero attached hydrogens (tertiary/aromatic N) is 1. The number of carboxylic acids is 1. The largest absolute Gasteiger partial charge is 0.478 e. The van der Waals surface area contributed by atoms with Crippen LogP contribution in [0.2, 0.25) is 0 Å². The van der Waals surface area contributed by atoms with Gasteiger partial charge >= 0.3 is 5.97 Å². The molecule has 5 nitrogen and oxygen atoms in total. The van der Waals surface area contributed by atoms with Crippen molar-refractivity contribution in [1.29, 1.82) is 0 Å². The predicted octanol–water partition coefficient (Wildman–Crippen LogP) is 3.38. The Labute approximate surface area is 148 Å². The summed E-state index contributed by atoms with van der Waals surface area (Å²) in [6, 6.07) is 10.8. The van der Waals surface area contributed by atoms with Crippen molar-refractivity contribution in [3.63, 3.8) is 0 Å². The monoisotopic (exact) mass is 340 g/mol. The summed E-state index contributed by atoms with van der Waals surface area (Å²) in [7, 11) is 1.86. The molecule has 0 bridgehead atoms. The van der Waals surface area contributed by atoms with Crippen molar-refractivity contribution in [3.8, 4) is 0 Å². The minimum Gasteiger partial charge on any atom is -0.478 e. The van der Waals surface area contributed by atoms with E-state index < -0.39 is 5.97 Å². The smallest absolute Gasteiger partial charge is 0.335 e. The number of anilines is 1. The number of nitrogens with one attached hydrogen (secondary N) is 1. The van der Waals surface area contributed by atoms with Gasteiger partial charge in [-0.25, -0.2) is 4.79 Å². The summed E-state index contributed by atoms with van der Waals surface area (Å²) in [5.41, 5.74) is 5.37. The summed E-state index contributed by atoms with van der Waals surface area (Å²) in [6.45, 7) is 6.84. The zero-order valence-corrected chi connectivity index (χ0v) is 15.1. The van der Waals surface area contributed by atoms with E-state index in [1.807, 2.05) is 32.7 Å². The highest BCUT2D eigenvalue weighted by molar-refractivity contribution is 5.93. The molecule has 0 saturated carbocycles. The number of carbonyl (C=O) groups is 2. The van der Waals surface area contributed by atoms with Crippen LogP contribution in [-0.2, 0) is 11.3 Å². The number of likely N-dealkylation sites (N-methyl/N-ethyl adjacent to an activating group) is 1. The van der Waals surface area contributed by atoms with Gasteiger partial charge in [0.15, 0.2) is 0 Å². The molecular formula is C20H24N2O3. The van der Waals surface area contributed by atoms with Gasteiger partial charge in [-0.05, 0) is 56.6 Å². The van der Waals surface area contributed by atoms with E-state index in [4.69, 9.17) is 5.11 Å². The van der Waals surface area contributed by atoms with Crippen molar-refractivity contribution in [2.45, 2.75) is 27.3 Å². The number of amides is 1. The molecule has 1 amide bonds. The Kier molecular flexibility index (Phi) is 5.93. The van der Waals surface area contributed by atoms with E-state index in [1.54, 1.807) is 24.3 Å². The fourth-order valence-corrected chi connectivity index (χ4v) is 2.92. The molecule has 0 aliphatic rings. The summed E-state index contributed by atoms with van der Waals surface area (Å²) in [5.74, 6) is -1.01. The first-order valence-corrected chi connectivity index (χ1v) is 8.14. The highest BCUT2D eigenvalue weighted by Crippen LogP contribution is 2.21. The zero-order chi connectivity index (χ0) is 18.6. The van der Waals surface area contributed by atoms with Crippen LogP contribution in [0.5, 0.6) is 0 Å². The van der Waals surface area contributed by atoms with Gasteiger partial charge in [0, 0.05) is 12.2 Å². The third-order valence-electron chi connectivity index (χ3n) is 4.01. The van der Waals surface area contributed by atoms with Crippen LogP contribution in [0, 0.1) is 20.8 Å². The number of hydrogen-bond donors (Lipinski definition) is 2. The quantitative estimate of drug-likeness (QED) is 0.846. The first-order chi connectivity index (χ1) is 11.8. The maximum atomic E-state index is 12.3. The Morgan fingerprint density at radius 2 is 1.60 bits per heavy atom. The molecule has 2 aromatic carbocycles. The molecule has 2 N–H and O–H groups in total. The molecule has 0 spiro atoms. The van der Waals surface area contributed by atoms with E-state index >= 15 is 0 Å². The number of benzene rings is 2. The fourth-order valence-electron chi connectivity index (χ4n) is 2.92. The maximum Gasteiger partial charge on any atom is 0.335 e. The second-order valence-corrected chi connectivity index (χ2v) is 6.50. The van der Waals surface area contributed by atoms with Crippen molar-refractivity contribution in [2.24, 2.45) is 0 Å². The van der Waals surface area contributed by atoms with E-state index in [0.717, 1.165) is 22.4 Å². The number of aromatic carboxylic acids is 1. The van der Waals surface area contributed by atoms with E-state index in [9.17, 15) is 9.59 Å². The number of hydrogen-bond acceptors (Lipinski definition) is 3. The van der Waals surface area contributed by atoms with Crippen LogP contribution in [0.15, 0.2) is 36.4 Å². The molecule has 132 valence electrons. The van der Waals surface area contributed by atoms with Crippen molar-refractivity contribution in [2.75, 3.05) is 18.9 Å². The summed E-state index contributed by atoms with van der Waals surface area (Å²) in [4.78, 5) is 25.1. The molecule has 5 heteroatoms. The van der Waals surface area contributed by atoms with Gasteiger partial charge in [0.25, 0.3) is 0 Å². The topological polar surface area (TPSA) is 69.6 Å². The lowest BCUT2D eigenvalue weighted by Crippen LogP contribution is -2.30. The molecule has 0 heterocycles. The molecule has 0 unspecified atom stereocenters. The molecule has 0 radical (unpaired) electrons. The Morgan fingerprint density at radius 3 is 2.12 bits per heavy atom. The van der Waals surface area contributed by atoms with Crippen LogP contribution >= 0.6 is 0 Å². The summed E-state index contributed by atoms with van der Waals surface area (Å²) >= 11 is 0. The molecule has 0 aliphatic heterocycles. The SMILES string of the molecule is Cc1cc(C)c(NC(=O)CN(C)Cc2ccc(C(=O)O)cc2)c(C)c1. The van der Waals surface area contributed by atoms with Crippen LogP contribution in [-0.4, -0.2) is 35.5 Å². The van der Waals surface area contributed by atoms with Gasteiger partial charge in [0.1, 0.15) is 0 Å². The van der Waals surface area contributed by atoms with Gasteiger partial charge in [-0.2, -0.15) is 0 Å². The first-order valence-electron chi connectivity index (χ1n) is 8.14. The van der Waals surface area contributed by atoms with Crippen LogP contribution in [0.3, 0.4) is 0 Å². The van der Waals surface area contributed by atoms with Gasteiger partial charge in [-0.1, -0.05) is 29.8 Å². The Bertz CT molecular complexity index is 759. The van der Waals surface area contributed by atoms with Gasteiger partial charge in [0.2, 0.25) is 5.91 Å². The Hall–Kier alpha value is -2.66. The first kappa shape index (κ1) is 18.7. The van der Waals surface area contributed by atoms with Crippen molar-refractivity contribution in [3.05, 3.63) is 64.2 Å². The second kappa shape index (κ2) is 7.94. The molecule has 2 rings (SSSR count). The molecular weight excluding hydrogens is 316 g/mol. The molecule has 0 aliphatic carbocycles. The summed E-state index contributed by atoms with van der Waals surface area (Å²) < 4.78 is 0. The highest BCUT2D eigenvalue weighted by Gasteiger charge is 2.11. The third-order valence-corrected chi connectivity index (χ3v) is 4.01. The molecule has 0 fully saturated rings. The normalized spacial score (nSPS) is 10.8. The van der Waals surface area contributed by atoms with Gasteiger partial charge in [-0.3, -0.25) is 9.69 Å². The van der Waals surface area contributed by atoms with E-state index in [0.29, 0.717) is 6.54 Å². The maximum absolute atomic E-state index is 12.3. The molecule has 0 saturated heterocycles. The van der Waals surface area contributed by atoms with E-state index in [2.05, 4.69) is 17.4 Å². The Morgan fingerprint density at radius 1 is 1.04 bits per heavy atom. The second-order valence-electron chi connectivity index (χ2n) is 6.50. The van der Waals surface area contributed by atoms with E-state index in [-0.39, 0.29) is 18.0 Å². The predicted molar refractivity (Wildman–Crippen MR) is 99.0 cm³/mol. The van der Waals surface area contributed by atoms with Crippen LogP contribution in [0.4, 0.5) is 5.69 Å². The molecule has 0 aromatic heterocycles. The van der Waals surface area contributed by atoms with Gasteiger partial charge in [0.05, 0.1) is 12.1 Å². The summed E-state index contributed by atoms with van der Waals surface area (Å²) in [5, 5.41) is 11.9.